The minimum atomic E-state index is -0.631. The molecule has 3 aromatic heterocycles. The lowest BCUT2D eigenvalue weighted by Gasteiger charge is -2.17. The maximum atomic E-state index is 13.5. The van der Waals surface area contributed by atoms with Crippen molar-refractivity contribution < 1.29 is 4.79 Å². The number of hydrogen-bond acceptors (Lipinski definition) is 5. The van der Waals surface area contributed by atoms with Gasteiger partial charge in [-0.1, -0.05) is 19.9 Å². The Morgan fingerprint density at radius 1 is 1.07 bits per heavy atom. The molecular formula is C22H24N4O3. The quantitative estimate of drug-likeness (QED) is 0.673. The number of carbonyl (C=O) groups excluding carboxylic acids is 1. The van der Waals surface area contributed by atoms with Crippen molar-refractivity contribution in [3.8, 4) is 0 Å². The lowest BCUT2D eigenvalue weighted by molar-refractivity contribution is 0.102. The topological polar surface area (TPSA) is 97.7 Å². The zero-order chi connectivity index (χ0) is 21.3. The number of aryl methyl sites for hydroxylation is 3. The van der Waals surface area contributed by atoms with Gasteiger partial charge in [0.25, 0.3) is 5.56 Å². The fourth-order valence-electron chi connectivity index (χ4n) is 3.48. The van der Waals surface area contributed by atoms with Crippen molar-refractivity contribution in [1.29, 1.82) is 0 Å². The number of hydrogen-bond donors (Lipinski definition) is 1. The van der Waals surface area contributed by atoms with Crippen LogP contribution < -0.4 is 11.2 Å². The summed E-state index contributed by atoms with van der Waals surface area (Å²) in [6.07, 6.45) is 3.35. The summed E-state index contributed by atoms with van der Waals surface area (Å²) in [5.41, 5.74) is 2.67. The fourth-order valence-corrected chi connectivity index (χ4v) is 3.48. The van der Waals surface area contributed by atoms with Crippen molar-refractivity contribution in [3.63, 3.8) is 0 Å². The van der Waals surface area contributed by atoms with Crippen molar-refractivity contribution in [1.82, 2.24) is 19.5 Å². The highest BCUT2D eigenvalue weighted by atomic mass is 16.2. The van der Waals surface area contributed by atoms with E-state index in [-0.39, 0.29) is 29.4 Å². The number of nitrogens with one attached hydrogen (secondary N) is 1. The Morgan fingerprint density at radius 2 is 1.79 bits per heavy atom. The third kappa shape index (κ3) is 4.23. The van der Waals surface area contributed by atoms with E-state index in [0.717, 1.165) is 16.7 Å². The first-order valence-electron chi connectivity index (χ1n) is 9.45. The Bertz CT molecular complexity index is 1190. The summed E-state index contributed by atoms with van der Waals surface area (Å²) in [4.78, 5) is 49.6. The van der Waals surface area contributed by atoms with Gasteiger partial charge < -0.3 is 0 Å². The Morgan fingerprint density at radius 3 is 2.41 bits per heavy atom. The van der Waals surface area contributed by atoms with E-state index in [1.165, 1.54) is 4.57 Å². The summed E-state index contributed by atoms with van der Waals surface area (Å²) in [6.45, 7) is 9.33. The molecule has 29 heavy (non-hydrogen) atoms. The lowest BCUT2D eigenvalue weighted by Crippen LogP contribution is -2.38. The van der Waals surface area contributed by atoms with Crippen LogP contribution in [0.5, 0.6) is 0 Å². The summed E-state index contributed by atoms with van der Waals surface area (Å²) in [7, 11) is 0. The SMILES string of the molecule is Cc1cncc(Cn2c(C(=O)c3cc(C)cc(C)n3)c(C(C)C)c(=O)[nH]c2=O)c1. The molecule has 0 saturated carbocycles. The zero-order valence-corrected chi connectivity index (χ0v) is 17.2. The van der Waals surface area contributed by atoms with E-state index >= 15 is 0 Å². The molecule has 3 aromatic rings. The first-order valence-corrected chi connectivity index (χ1v) is 9.45. The van der Waals surface area contributed by atoms with Crippen LogP contribution in [0.4, 0.5) is 0 Å². The van der Waals surface area contributed by atoms with Crippen LogP contribution in [0, 0.1) is 20.8 Å². The summed E-state index contributed by atoms with van der Waals surface area (Å²) >= 11 is 0. The van der Waals surface area contributed by atoms with Gasteiger partial charge in [-0.15, -0.1) is 0 Å². The van der Waals surface area contributed by atoms with Gasteiger partial charge in [0.2, 0.25) is 5.78 Å². The summed E-state index contributed by atoms with van der Waals surface area (Å²) in [5.74, 6) is -0.699. The van der Waals surface area contributed by atoms with Gasteiger partial charge in [-0.2, -0.15) is 0 Å². The minimum Gasteiger partial charge on any atom is -0.285 e. The van der Waals surface area contributed by atoms with Gasteiger partial charge in [0, 0.05) is 23.7 Å². The number of carbonyl (C=O) groups is 1. The first-order chi connectivity index (χ1) is 13.7. The molecule has 0 aromatic carbocycles. The summed E-state index contributed by atoms with van der Waals surface area (Å²) < 4.78 is 1.31. The predicted molar refractivity (Wildman–Crippen MR) is 111 cm³/mol. The smallest absolute Gasteiger partial charge is 0.285 e. The number of ketones is 1. The molecule has 0 spiro atoms. The van der Waals surface area contributed by atoms with Crippen LogP contribution >= 0.6 is 0 Å². The van der Waals surface area contributed by atoms with Gasteiger partial charge in [-0.25, -0.2) is 9.78 Å². The number of aromatic nitrogens is 4. The van der Waals surface area contributed by atoms with E-state index in [0.29, 0.717) is 5.69 Å². The highest BCUT2D eigenvalue weighted by Gasteiger charge is 2.25. The molecular weight excluding hydrogens is 368 g/mol. The third-order valence-corrected chi connectivity index (χ3v) is 4.63. The van der Waals surface area contributed by atoms with Crippen molar-refractivity contribution >= 4 is 5.78 Å². The van der Waals surface area contributed by atoms with E-state index in [9.17, 15) is 14.4 Å². The largest absolute Gasteiger partial charge is 0.329 e. The predicted octanol–water partition coefficient (Wildman–Crippen LogP) is 2.65. The van der Waals surface area contributed by atoms with E-state index < -0.39 is 17.0 Å². The monoisotopic (exact) mass is 392 g/mol. The van der Waals surface area contributed by atoms with Crippen molar-refractivity contribution in [2.45, 2.75) is 47.1 Å². The number of rotatable bonds is 5. The number of pyridine rings is 2. The molecule has 0 aliphatic carbocycles. The molecule has 0 aliphatic rings. The van der Waals surface area contributed by atoms with Gasteiger partial charge in [-0.3, -0.25) is 24.1 Å². The molecule has 7 nitrogen and oxygen atoms in total. The van der Waals surface area contributed by atoms with E-state index in [1.54, 1.807) is 25.4 Å². The van der Waals surface area contributed by atoms with Crippen molar-refractivity contribution in [2.24, 2.45) is 0 Å². The van der Waals surface area contributed by atoms with Gasteiger partial charge in [0.15, 0.2) is 0 Å². The molecule has 7 heteroatoms. The summed E-state index contributed by atoms with van der Waals surface area (Å²) in [6, 6.07) is 5.43. The van der Waals surface area contributed by atoms with Crippen LogP contribution in [0.3, 0.4) is 0 Å². The number of nitrogens with zero attached hydrogens (tertiary/aromatic N) is 3. The average Bonchev–Trinajstić information content (AvgIpc) is 2.62. The molecule has 1 N–H and O–H groups in total. The molecule has 0 radical (unpaired) electrons. The van der Waals surface area contributed by atoms with Crippen LogP contribution in [0.25, 0.3) is 0 Å². The molecule has 0 unspecified atom stereocenters. The van der Waals surface area contributed by atoms with Crippen LogP contribution in [0.1, 0.15) is 63.9 Å². The van der Waals surface area contributed by atoms with Gasteiger partial charge in [0.05, 0.1) is 6.54 Å². The van der Waals surface area contributed by atoms with Crippen LogP contribution in [-0.2, 0) is 6.54 Å². The van der Waals surface area contributed by atoms with Gasteiger partial charge in [0.1, 0.15) is 11.4 Å². The van der Waals surface area contributed by atoms with Crippen LogP contribution in [0.15, 0.2) is 40.2 Å². The zero-order valence-electron chi connectivity index (χ0n) is 17.2. The van der Waals surface area contributed by atoms with E-state index in [2.05, 4.69) is 15.0 Å². The highest BCUT2D eigenvalue weighted by Crippen LogP contribution is 2.19. The van der Waals surface area contributed by atoms with Crippen LogP contribution in [0.2, 0.25) is 0 Å². The van der Waals surface area contributed by atoms with Crippen molar-refractivity contribution in [2.75, 3.05) is 0 Å². The van der Waals surface area contributed by atoms with Gasteiger partial charge >= 0.3 is 5.69 Å². The Hall–Kier alpha value is -3.35. The first kappa shape index (κ1) is 20.4. The third-order valence-electron chi connectivity index (χ3n) is 4.63. The molecule has 3 heterocycles. The molecule has 3 rings (SSSR count). The second-order valence-corrected chi connectivity index (χ2v) is 7.63. The fraction of sp³-hybridized carbons (Fsp3) is 0.318. The molecule has 0 fully saturated rings. The second kappa shape index (κ2) is 7.95. The Kier molecular flexibility index (Phi) is 5.59. The van der Waals surface area contributed by atoms with Crippen LogP contribution in [-0.4, -0.2) is 25.3 Å². The second-order valence-electron chi connectivity index (χ2n) is 7.63. The van der Waals surface area contributed by atoms with E-state index in [4.69, 9.17) is 0 Å². The maximum absolute atomic E-state index is 13.5. The summed E-state index contributed by atoms with van der Waals surface area (Å²) in [5, 5.41) is 0. The maximum Gasteiger partial charge on any atom is 0.329 e. The molecule has 0 amide bonds. The minimum absolute atomic E-state index is 0.0766. The Balaban J connectivity index is 2.28. The Labute approximate surface area is 168 Å². The molecule has 150 valence electrons. The molecule has 0 aliphatic heterocycles. The normalized spacial score (nSPS) is 11.1. The lowest BCUT2D eigenvalue weighted by atomic mass is 9.98. The molecule has 0 saturated heterocycles. The average molecular weight is 392 g/mol. The van der Waals surface area contributed by atoms with Crippen molar-refractivity contribution in [3.05, 3.63) is 90.8 Å². The molecule has 0 atom stereocenters. The number of aromatic amines is 1. The van der Waals surface area contributed by atoms with E-state index in [1.807, 2.05) is 39.8 Å². The number of H-pyrrole nitrogens is 1. The molecule has 0 bridgehead atoms. The standard InChI is InChI=1S/C22H24N4O3/c1-12(2)18-19(20(27)17-8-13(3)6-15(5)24-17)26(22(29)25-21(18)28)11-16-7-14(4)9-23-10-16/h6-10,12H,11H2,1-5H3,(H,25,28,29). The highest BCUT2D eigenvalue weighted by molar-refractivity contribution is 6.07. The van der Waals surface area contributed by atoms with Gasteiger partial charge in [-0.05, 0) is 55.5 Å².